The van der Waals surface area contributed by atoms with Crippen molar-refractivity contribution in [3.8, 4) is 0 Å². The molecule has 1 heterocycles. The molecule has 20 heavy (non-hydrogen) atoms. The van der Waals surface area contributed by atoms with Crippen molar-refractivity contribution in [3.05, 3.63) is 54.2 Å². The highest BCUT2D eigenvalue weighted by molar-refractivity contribution is 7.92. The average molecular weight is 292 g/mol. The zero-order valence-electron chi connectivity index (χ0n) is 10.6. The van der Waals surface area contributed by atoms with Crippen molar-refractivity contribution in [3.63, 3.8) is 0 Å². The Morgan fingerprint density at radius 3 is 2.30 bits per heavy atom. The van der Waals surface area contributed by atoms with E-state index in [-0.39, 0.29) is 16.3 Å². The summed E-state index contributed by atoms with van der Waals surface area (Å²) in [4.78, 5) is 14.7. The Balaban J connectivity index is 2.37. The molecule has 0 fully saturated rings. The number of pyridine rings is 1. The molecule has 0 spiro atoms. The van der Waals surface area contributed by atoms with Crippen molar-refractivity contribution in [1.82, 2.24) is 4.98 Å². The zero-order chi connectivity index (χ0) is 14.8. The van der Waals surface area contributed by atoms with Crippen LogP contribution in [0.5, 0.6) is 0 Å². The number of hydrogen-bond acceptors (Lipinski definition) is 4. The third-order valence-electron chi connectivity index (χ3n) is 2.73. The van der Waals surface area contributed by atoms with Crippen LogP contribution in [0.4, 0.5) is 5.82 Å². The van der Waals surface area contributed by atoms with Crippen molar-refractivity contribution in [2.45, 2.75) is 4.90 Å². The molecule has 1 aromatic carbocycles. The molecule has 0 saturated heterocycles. The van der Waals surface area contributed by atoms with Crippen molar-refractivity contribution in [2.24, 2.45) is 0 Å². The monoisotopic (exact) mass is 292 g/mol. The minimum atomic E-state index is -3.76. The van der Waals surface area contributed by atoms with Gasteiger partial charge < -0.3 is 5.11 Å². The number of aromatic carboxylic acids is 1. The van der Waals surface area contributed by atoms with Crippen LogP contribution in [0.15, 0.2) is 53.6 Å². The minimum Gasteiger partial charge on any atom is -0.478 e. The molecule has 0 saturated carbocycles. The second-order valence-electron chi connectivity index (χ2n) is 3.99. The summed E-state index contributed by atoms with van der Waals surface area (Å²) in [5.41, 5.74) is 0.0319. The largest absolute Gasteiger partial charge is 0.478 e. The first-order valence-electron chi connectivity index (χ1n) is 5.66. The number of sulfonamides is 1. The Morgan fingerprint density at radius 2 is 1.80 bits per heavy atom. The molecule has 2 aromatic rings. The van der Waals surface area contributed by atoms with Gasteiger partial charge in [-0.1, -0.05) is 6.07 Å². The predicted octanol–water partition coefficient (Wildman–Crippen LogP) is 1.60. The van der Waals surface area contributed by atoms with Gasteiger partial charge in [-0.3, -0.25) is 4.31 Å². The molecule has 0 aliphatic heterocycles. The number of carboxylic acids is 1. The van der Waals surface area contributed by atoms with Crippen LogP contribution >= 0.6 is 0 Å². The van der Waals surface area contributed by atoms with E-state index >= 15 is 0 Å². The van der Waals surface area contributed by atoms with Gasteiger partial charge in [0.2, 0.25) is 0 Å². The molecule has 0 aliphatic rings. The molecule has 7 heteroatoms. The lowest BCUT2D eigenvalue weighted by atomic mass is 10.2. The number of anilines is 1. The highest BCUT2D eigenvalue weighted by Crippen LogP contribution is 2.20. The van der Waals surface area contributed by atoms with Gasteiger partial charge >= 0.3 is 5.97 Å². The fourth-order valence-electron chi connectivity index (χ4n) is 1.59. The zero-order valence-corrected chi connectivity index (χ0v) is 11.4. The average Bonchev–Trinajstić information content (AvgIpc) is 2.47. The topological polar surface area (TPSA) is 87.6 Å². The number of benzene rings is 1. The lowest BCUT2D eigenvalue weighted by Gasteiger charge is -2.18. The maximum absolute atomic E-state index is 12.4. The van der Waals surface area contributed by atoms with Crippen LogP contribution in [-0.4, -0.2) is 31.5 Å². The maximum Gasteiger partial charge on any atom is 0.335 e. The molecule has 2 rings (SSSR count). The summed E-state index contributed by atoms with van der Waals surface area (Å²) in [5, 5.41) is 8.80. The van der Waals surface area contributed by atoms with Gasteiger partial charge in [0, 0.05) is 13.2 Å². The Labute approximate surface area is 116 Å². The van der Waals surface area contributed by atoms with Crippen molar-refractivity contribution < 1.29 is 18.3 Å². The summed E-state index contributed by atoms with van der Waals surface area (Å²) >= 11 is 0. The standard InChI is InChI=1S/C13H12N2O4S/c1-15(12-4-2-3-9-14-12)20(18,19)11-7-5-10(6-8-11)13(16)17/h2-9H,1H3,(H,16,17). The molecule has 0 aliphatic carbocycles. The Morgan fingerprint density at radius 1 is 1.15 bits per heavy atom. The molecule has 0 radical (unpaired) electrons. The molecule has 0 unspecified atom stereocenters. The van der Waals surface area contributed by atoms with Crippen LogP contribution in [0.25, 0.3) is 0 Å². The number of hydrogen-bond donors (Lipinski definition) is 1. The second kappa shape index (κ2) is 5.30. The number of nitrogens with zero attached hydrogens (tertiary/aromatic N) is 2. The van der Waals surface area contributed by atoms with E-state index in [1.54, 1.807) is 18.2 Å². The number of rotatable bonds is 4. The van der Waals surface area contributed by atoms with E-state index in [9.17, 15) is 13.2 Å². The molecule has 0 bridgehead atoms. The summed E-state index contributed by atoms with van der Waals surface area (Å²) in [5.74, 6) is -0.818. The number of carbonyl (C=O) groups is 1. The molecular weight excluding hydrogens is 280 g/mol. The van der Waals surface area contributed by atoms with Crippen molar-refractivity contribution in [1.29, 1.82) is 0 Å². The van der Waals surface area contributed by atoms with Gasteiger partial charge in [-0.25, -0.2) is 18.2 Å². The lowest BCUT2D eigenvalue weighted by Crippen LogP contribution is -2.27. The molecule has 104 valence electrons. The highest BCUT2D eigenvalue weighted by Gasteiger charge is 2.22. The van der Waals surface area contributed by atoms with Crippen LogP contribution in [0.3, 0.4) is 0 Å². The second-order valence-corrected chi connectivity index (χ2v) is 5.96. The molecule has 1 N–H and O–H groups in total. The fourth-order valence-corrected chi connectivity index (χ4v) is 2.74. The highest BCUT2D eigenvalue weighted by atomic mass is 32.2. The molecule has 0 amide bonds. The van der Waals surface area contributed by atoms with Crippen molar-refractivity contribution in [2.75, 3.05) is 11.4 Å². The summed E-state index contributed by atoms with van der Waals surface area (Å²) < 4.78 is 25.7. The Hall–Kier alpha value is -2.41. The minimum absolute atomic E-state index is 0.00986. The SMILES string of the molecule is CN(c1ccccn1)S(=O)(=O)c1ccc(C(=O)O)cc1. The maximum atomic E-state index is 12.4. The normalized spacial score (nSPS) is 11.1. The van der Waals surface area contributed by atoms with Crippen LogP contribution in [0.1, 0.15) is 10.4 Å². The first-order chi connectivity index (χ1) is 9.43. The summed E-state index contributed by atoms with van der Waals surface area (Å²) in [6.07, 6.45) is 1.49. The van der Waals surface area contributed by atoms with Gasteiger partial charge in [0.1, 0.15) is 5.82 Å². The molecule has 1 aromatic heterocycles. The lowest BCUT2D eigenvalue weighted by molar-refractivity contribution is 0.0697. The van der Waals surface area contributed by atoms with Crippen LogP contribution < -0.4 is 4.31 Å². The van der Waals surface area contributed by atoms with Gasteiger partial charge in [-0.15, -0.1) is 0 Å². The van der Waals surface area contributed by atoms with E-state index in [4.69, 9.17) is 5.11 Å². The van der Waals surface area contributed by atoms with E-state index in [1.807, 2.05) is 0 Å². The third kappa shape index (κ3) is 2.62. The van der Waals surface area contributed by atoms with E-state index in [1.165, 1.54) is 37.5 Å². The quantitative estimate of drug-likeness (QED) is 0.925. The first kappa shape index (κ1) is 14.0. The van der Waals surface area contributed by atoms with Crippen LogP contribution in [-0.2, 0) is 10.0 Å². The van der Waals surface area contributed by atoms with E-state index in [2.05, 4.69) is 4.98 Å². The molecule has 6 nitrogen and oxygen atoms in total. The van der Waals surface area contributed by atoms with E-state index in [0.717, 1.165) is 4.31 Å². The van der Waals surface area contributed by atoms with Gasteiger partial charge in [0.15, 0.2) is 0 Å². The van der Waals surface area contributed by atoms with Gasteiger partial charge in [0.25, 0.3) is 10.0 Å². The molecule has 0 atom stereocenters. The van der Waals surface area contributed by atoms with Gasteiger partial charge in [0.05, 0.1) is 10.5 Å². The van der Waals surface area contributed by atoms with Crippen molar-refractivity contribution >= 4 is 21.8 Å². The van der Waals surface area contributed by atoms with E-state index in [0.29, 0.717) is 0 Å². The van der Waals surface area contributed by atoms with Gasteiger partial charge in [-0.2, -0.15) is 0 Å². The predicted molar refractivity (Wildman–Crippen MR) is 73.2 cm³/mol. The number of aromatic nitrogens is 1. The summed E-state index contributed by atoms with van der Waals surface area (Å²) in [6, 6.07) is 9.97. The van der Waals surface area contributed by atoms with Gasteiger partial charge in [-0.05, 0) is 36.4 Å². The Bertz CT molecular complexity index is 712. The van der Waals surface area contributed by atoms with Crippen LogP contribution in [0, 0.1) is 0 Å². The summed E-state index contributed by atoms with van der Waals surface area (Å²) in [6.45, 7) is 0. The van der Waals surface area contributed by atoms with E-state index < -0.39 is 16.0 Å². The molecular formula is C13H12N2O4S. The smallest absolute Gasteiger partial charge is 0.335 e. The summed E-state index contributed by atoms with van der Waals surface area (Å²) in [7, 11) is -2.36. The first-order valence-corrected chi connectivity index (χ1v) is 7.10. The fraction of sp³-hybridized carbons (Fsp3) is 0.0769. The number of carboxylic acid groups (broad SMARTS) is 1. The van der Waals surface area contributed by atoms with Crippen LogP contribution in [0.2, 0.25) is 0 Å². The Kier molecular flexibility index (Phi) is 3.71. The third-order valence-corrected chi connectivity index (χ3v) is 4.51.